The van der Waals surface area contributed by atoms with E-state index >= 15 is 0 Å². The molecule has 1 aliphatic heterocycles. The topological polar surface area (TPSA) is 67.6 Å². The number of aryl methyl sites for hydroxylation is 2. The summed E-state index contributed by atoms with van der Waals surface area (Å²) >= 11 is 3.55. The molecule has 1 aromatic rings. The first kappa shape index (κ1) is 15.5. The highest BCUT2D eigenvalue weighted by molar-refractivity contribution is 9.10. The first-order valence-electron chi connectivity index (χ1n) is 6.68. The van der Waals surface area contributed by atoms with E-state index in [0.717, 1.165) is 22.4 Å². The van der Waals surface area contributed by atoms with E-state index in [-0.39, 0.29) is 6.04 Å². The molecule has 2 rings (SSSR count). The Hall–Kier alpha value is -0.920. The number of ether oxygens (including phenoxy) is 1. The molecule has 1 aromatic heterocycles. The molecule has 2 unspecified atom stereocenters. The number of rotatable bonds is 5. The monoisotopic (exact) mass is 345 g/mol. The Labute approximate surface area is 126 Å². The lowest BCUT2D eigenvalue weighted by Gasteiger charge is -2.29. The maximum absolute atomic E-state index is 11.3. The summed E-state index contributed by atoms with van der Waals surface area (Å²) in [5.41, 5.74) is 2.00. The van der Waals surface area contributed by atoms with Crippen LogP contribution in [0.15, 0.2) is 4.47 Å². The molecule has 112 valence electrons. The molecule has 1 N–H and O–H groups in total. The van der Waals surface area contributed by atoms with Crippen molar-refractivity contribution in [2.75, 3.05) is 19.8 Å². The molecule has 0 aliphatic carbocycles. The van der Waals surface area contributed by atoms with Crippen LogP contribution < -0.4 is 0 Å². The number of halogens is 1. The van der Waals surface area contributed by atoms with Gasteiger partial charge in [-0.15, -0.1) is 0 Å². The van der Waals surface area contributed by atoms with Gasteiger partial charge in [-0.05, 0) is 29.4 Å². The largest absolute Gasteiger partial charge is 0.481 e. The first-order chi connectivity index (χ1) is 9.45. The predicted octanol–water partition coefficient (Wildman–Crippen LogP) is 1.41. The Morgan fingerprint density at radius 2 is 2.30 bits per heavy atom. The van der Waals surface area contributed by atoms with E-state index in [4.69, 9.17) is 4.74 Å². The molecule has 0 aromatic carbocycles. The highest BCUT2D eigenvalue weighted by Crippen LogP contribution is 2.26. The number of carbonyl (C=O) groups is 1. The van der Waals surface area contributed by atoms with Crippen molar-refractivity contribution >= 4 is 21.9 Å². The molecule has 7 heteroatoms. The van der Waals surface area contributed by atoms with Gasteiger partial charge in [-0.1, -0.05) is 6.92 Å². The second-order valence-electron chi connectivity index (χ2n) is 5.08. The zero-order chi connectivity index (χ0) is 14.9. The minimum Gasteiger partial charge on any atom is -0.481 e. The molecular weight excluding hydrogens is 326 g/mol. The summed E-state index contributed by atoms with van der Waals surface area (Å²) in [5, 5.41) is 13.6. The van der Waals surface area contributed by atoms with Crippen molar-refractivity contribution in [3.8, 4) is 0 Å². The van der Waals surface area contributed by atoms with Gasteiger partial charge >= 0.3 is 5.97 Å². The summed E-state index contributed by atoms with van der Waals surface area (Å²) < 4.78 is 8.19. The number of carboxylic acids is 1. The summed E-state index contributed by atoms with van der Waals surface area (Å²) in [6, 6.07) is -0.0837. The van der Waals surface area contributed by atoms with Gasteiger partial charge in [0.15, 0.2) is 0 Å². The van der Waals surface area contributed by atoms with Gasteiger partial charge in [0.2, 0.25) is 0 Å². The van der Waals surface area contributed by atoms with Crippen LogP contribution >= 0.6 is 15.9 Å². The van der Waals surface area contributed by atoms with Crippen LogP contribution in [0.3, 0.4) is 0 Å². The number of aliphatic carboxylic acids is 1. The van der Waals surface area contributed by atoms with Gasteiger partial charge in [0, 0.05) is 19.6 Å². The zero-order valence-electron chi connectivity index (χ0n) is 12.0. The van der Waals surface area contributed by atoms with E-state index in [1.54, 1.807) is 0 Å². The van der Waals surface area contributed by atoms with Crippen LogP contribution in [0, 0.1) is 12.8 Å². The fraction of sp³-hybridized carbons (Fsp3) is 0.692. The number of aromatic nitrogens is 2. The van der Waals surface area contributed by atoms with Crippen molar-refractivity contribution in [3.63, 3.8) is 0 Å². The lowest BCUT2D eigenvalue weighted by atomic mass is 10.0. The van der Waals surface area contributed by atoms with Crippen molar-refractivity contribution in [1.82, 2.24) is 14.7 Å². The van der Waals surface area contributed by atoms with Crippen molar-refractivity contribution in [3.05, 3.63) is 15.9 Å². The van der Waals surface area contributed by atoms with Crippen LogP contribution in [0.1, 0.15) is 18.3 Å². The smallest absolute Gasteiger partial charge is 0.310 e. The molecule has 0 spiro atoms. The van der Waals surface area contributed by atoms with E-state index in [9.17, 15) is 9.90 Å². The van der Waals surface area contributed by atoms with Crippen LogP contribution in [0.25, 0.3) is 0 Å². The zero-order valence-corrected chi connectivity index (χ0v) is 13.6. The van der Waals surface area contributed by atoms with E-state index in [1.165, 1.54) is 0 Å². The molecule has 0 radical (unpaired) electrons. The first-order valence-corrected chi connectivity index (χ1v) is 7.47. The van der Waals surface area contributed by atoms with Gasteiger partial charge in [-0.25, -0.2) is 0 Å². The summed E-state index contributed by atoms with van der Waals surface area (Å²) in [4.78, 5) is 13.4. The molecular formula is C13H20BrN3O3. The average Bonchev–Trinajstić information content (AvgIpc) is 2.95. The third-order valence-electron chi connectivity index (χ3n) is 3.86. The van der Waals surface area contributed by atoms with Crippen LogP contribution in [-0.4, -0.2) is 51.6 Å². The Morgan fingerprint density at radius 1 is 1.60 bits per heavy atom. The lowest BCUT2D eigenvalue weighted by Crippen LogP contribution is -2.43. The molecule has 20 heavy (non-hydrogen) atoms. The fourth-order valence-corrected chi connectivity index (χ4v) is 3.11. The molecule has 1 fully saturated rings. The van der Waals surface area contributed by atoms with E-state index < -0.39 is 11.9 Å². The van der Waals surface area contributed by atoms with Gasteiger partial charge in [-0.3, -0.25) is 14.4 Å². The molecule has 0 saturated carbocycles. The van der Waals surface area contributed by atoms with Crippen molar-refractivity contribution in [1.29, 1.82) is 0 Å². The summed E-state index contributed by atoms with van der Waals surface area (Å²) in [6.45, 7) is 6.18. The maximum atomic E-state index is 11.3. The lowest BCUT2D eigenvalue weighted by molar-refractivity contribution is -0.143. The van der Waals surface area contributed by atoms with Gasteiger partial charge in [0.05, 0.1) is 35.0 Å². The average molecular weight is 346 g/mol. The molecule has 1 aliphatic rings. The minimum absolute atomic E-state index is 0.0837. The highest BCUT2D eigenvalue weighted by atomic mass is 79.9. The second kappa shape index (κ2) is 6.24. The minimum atomic E-state index is -0.786. The van der Waals surface area contributed by atoms with Gasteiger partial charge in [0.25, 0.3) is 0 Å². The summed E-state index contributed by atoms with van der Waals surface area (Å²) in [5.74, 6) is -1.24. The molecule has 1 saturated heterocycles. The van der Waals surface area contributed by atoms with Crippen LogP contribution in [0.5, 0.6) is 0 Å². The Kier molecular flexibility index (Phi) is 4.82. The number of hydrogen-bond acceptors (Lipinski definition) is 4. The predicted molar refractivity (Wildman–Crippen MR) is 77.5 cm³/mol. The Morgan fingerprint density at radius 3 is 2.80 bits per heavy atom. The Balaban J connectivity index is 2.18. The molecule has 0 bridgehead atoms. The van der Waals surface area contributed by atoms with E-state index in [2.05, 4.69) is 25.9 Å². The van der Waals surface area contributed by atoms with E-state index in [1.807, 2.05) is 25.6 Å². The standard InChI is InChI=1S/C13H20BrN3O3/c1-4-17(11-7-20-6-9(11)13(18)19)5-10-12(14)8(2)15-16(10)3/h9,11H,4-7H2,1-3H3,(H,18,19). The Bertz CT molecular complexity index is 503. The summed E-state index contributed by atoms with van der Waals surface area (Å²) in [6.07, 6.45) is 0. The van der Waals surface area contributed by atoms with Crippen LogP contribution in [-0.2, 0) is 23.1 Å². The van der Waals surface area contributed by atoms with Crippen molar-refractivity contribution in [2.24, 2.45) is 13.0 Å². The van der Waals surface area contributed by atoms with Crippen LogP contribution in [0.4, 0.5) is 0 Å². The molecule has 2 atom stereocenters. The third kappa shape index (κ3) is 2.89. The van der Waals surface area contributed by atoms with Crippen molar-refractivity contribution in [2.45, 2.75) is 26.4 Å². The maximum Gasteiger partial charge on any atom is 0.310 e. The van der Waals surface area contributed by atoms with Crippen LogP contribution in [0.2, 0.25) is 0 Å². The number of nitrogens with zero attached hydrogens (tertiary/aromatic N) is 3. The molecule has 0 amide bonds. The normalized spacial score (nSPS) is 22.6. The SMILES string of the molecule is CCN(Cc1c(Br)c(C)nn1C)C1COCC1C(=O)O. The number of carboxylic acid groups (broad SMARTS) is 1. The van der Waals surface area contributed by atoms with Gasteiger partial charge in [0.1, 0.15) is 0 Å². The van der Waals surface area contributed by atoms with Crippen molar-refractivity contribution < 1.29 is 14.6 Å². The highest BCUT2D eigenvalue weighted by Gasteiger charge is 2.37. The fourth-order valence-electron chi connectivity index (χ4n) is 2.65. The molecule has 2 heterocycles. The summed E-state index contributed by atoms with van der Waals surface area (Å²) in [7, 11) is 1.90. The quantitative estimate of drug-likeness (QED) is 0.873. The molecule has 6 nitrogen and oxygen atoms in total. The van der Waals surface area contributed by atoms with Gasteiger partial charge in [-0.2, -0.15) is 5.10 Å². The van der Waals surface area contributed by atoms with Gasteiger partial charge < -0.3 is 9.84 Å². The number of hydrogen-bond donors (Lipinski definition) is 1. The van der Waals surface area contributed by atoms with E-state index in [0.29, 0.717) is 19.8 Å². The second-order valence-corrected chi connectivity index (χ2v) is 5.88. The third-order valence-corrected chi connectivity index (χ3v) is 4.89. The number of likely N-dealkylation sites (N-methyl/N-ethyl adjacent to an activating group) is 1.